The van der Waals surface area contributed by atoms with Crippen molar-refractivity contribution < 1.29 is 42.0 Å². The first-order valence-corrected chi connectivity index (χ1v) is 23.9. The summed E-state index contributed by atoms with van der Waals surface area (Å²) in [7, 11) is 3.20. The third kappa shape index (κ3) is 8.57. The Labute approximate surface area is 400 Å². The summed E-state index contributed by atoms with van der Waals surface area (Å²) in [5, 5.41) is 0.424. The van der Waals surface area contributed by atoms with Crippen LogP contribution in [-0.4, -0.2) is 120 Å². The molecule has 0 saturated carbocycles. The minimum absolute atomic E-state index is 0.0139. The molecule has 68 heavy (non-hydrogen) atoms. The highest BCUT2D eigenvalue weighted by molar-refractivity contribution is 6.34. The first-order chi connectivity index (χ1) is 32.7. The Morgan fingerprint density at radius 1 is 0.912 bits per heavy atom. The molecule has 4 saturated heterocycles. The summed E-state index contributed by atoms with van der Waals surface area (Å²) in [6, 6.07) is 16.0. The topological polar surface area (TPSA) is 124 Å². The fraction of sp³-hybridized carbons (Fsp3) is 0.490. The van der Waals surface area contributed by atoms with Gasteiger partial charge in [0.25, 0.3) is 0 Å². The number of piperazine rings is 1. The molecule has 360 valence electrons. The zero-order valence-electron chi connectivity index (χ0n) is 39.6. The number of aromatic nitrogens is 3. The number of hydrogen-bond acceptors (Lipinski definition) is 13. The molecule has 2 bridgehead atoms. The number of halogens is 3. The lowest BCUT2D eigenvalue weighted by Crippen LogP contribution is -2.65. The fourth-order valence-electron chi connectivity index (χ4n) is 10.9. The van der Waals surface area contributed by atoms with Gasteiger partial charge in [-0.15, -0.1) is 0 Å². The second kappa shape index (κ2) is 18.3. The molecule has 14 nitrogen and oxygen atoms in total. The van der Waals surface area contributed by atoms with E-state index in [1.807, 2.05) is 86.0 Å². The number of carbonyl (C=O) groups excluding carboxylic acids is 1. The summed E-state index contributed by atoms with van der Waals surface area (Å²) in [5.74, 6) is 0.174. The number of aryl methyl sites for hydroxylation is 1. The van der Waals surface area contributed by atoms with E-state index < -0.39 is 35.5 Å². The Balaban J connectivity index is 1.09. The van der Waals surface area contributed by atoms with Crippen LogP contribution in [0.5, 0.6) is 23.4 Å². The summed E-state index contributed by atoms with van der Waals surface area (Å²) in [6.07, 6.45) is 2.35. The number of fused-ring (bicyclic) bond motifs is 6. The zero-order chi connectivity index (χ0) is 47.6. The molecule has 5 aliphatic rings. The number of nitrogens with zero attached hydrogens (tertiary/aromatic N) is 7. The van der Waals surface area contributed by atoms with Crippen LogP contribution < -0.4 is 28.7 Å². The first kappa shape index (κ1) is 46.0. The van der Waals surface area contributed by atoms with Gasteiger partial charge in [-0.25, -0.2) is 18.6 Å². The maximum atomic E-state index is 17.9. The molecule has 17 heteroatoms. The highest BCUT2D eigenvalue weighted by Gasteiger charge is 2.54. The Morgan fingerprint density at radius 3 is 2.25 bits per heavy atom. The van der Waals surface area contributed by atoms with E-state index in [-0.39, 0.29) is 82.6 Å². The van der Waals surface area contributed by atoms with Crippen LogP contribution in [0.3, 0.4) is 0 Å². The molecule has 4 fully saturated rings. The van der Waals surface area contributed by atoms with Crippen molar-refractivity contribution in [1.82, 2.24) is 24.8 Å². The fourth-order valence-corrected chi connectivity index (χ4v) is 11.1. The Bertz CT molecular complexity index is 2660. The normalized spacial score (nSPS) is 23.1. The summed E-state index contributed by atoms with van der Waals surface area (Å²) >= 11 is 7.12. The van der Waals surface area contributed by atoms with E-state index in [9.17, 15) is 4.79 Å². The van der Waals surface area contributed by atoms with Crippen LogP contribution >= 0.6 is 11.6 Å². The summed E-state index contributed by atoms with van der Waals surface area (Å²) in [4.78, 5) is 36.7. The average molecular weight is 955 g/mol. The summed E-state index contributed by atoms with van der Waals surface area (Å²) < 4.78 is 71.6. The predicted octanol–water partition coefficient (Wildman–Crippen LogP) is 9.14. The van der Waals surface area contributed by atoms with Gasteiger partial charge in [-0.05, 0) is 107 Å². The van der Waals surface area contributed by atoms with Gasteiger partial charge in [0.2, 0.25) is 5.88 Å². The SMILES string of the molecule is COc1ccc(CN(Cc2ccc(OC)cc2)c2c(F)c(-c3nc4c5c(nc(OC[C@@H]6CC[C@H]7COCCN76)nc5c3F)N3C[C@H]5CC[C@@H]([C@H]3[C@H](C)O4)N5C(=O)OC(C)(C)C)cc(C)c2Cl)cc1. The second-order valence-corrected chi connectivity index (χ2v) is 19.9. The molecule has 0 N–H and O–H groups in total. The number of ether oxygens (including phenoxy) is 6. The van der Waals surface area contributed by atoms with Gasteiger partial charge in [-0.3, -0.25) is 9.80 Å². The number of anilines is 2. The number of amides is 1. The number of hydrogen-bond donors (Lipinski definition) is 0. The Morgan fingerprint density at radius 2 is 1.59 bits per heavy atom. The highest BCUT2D eigenvalue weighted by atomic mass is 35.5. The lowest BCUT2D eigenvalue weighted by atomic mass is 9.98. The molecule has 2 aromatic heterocycles. The van der Waals surface area contributed by atoms with Gasteiger partial charge in [-0.1, -0.05) is 35.9 Å². The smallest absolute Gasteiger partial charge is 0.410 e. The molecular formula is C51H58ClF2N7O7. The maximum absolute atomic E-state index is 17.9. The van der Waals surface area contributed by atoms with E-state index in [2.05, 4.69) is 9.80 Å². The standard InChI is InChI=1S/C51H58ClF2N7O7/c1-28-22-37(41(53)46(40(28)52)58(23-30-8-15-35(63-6)16-9-30)24-31-10-17-36(64-7)18-11-31)43-42(54)44-39-47(57-49(56-44)66-27-34-13-12-33-26-65-21-20-59(33)34)60-25-32-14-19-38(45(60)29(2)67-48(39)55-43)61(32)50(62)68-51(3,4)5/h8-11,15-18,22,29,32-34,38,45H,12-14,19-21,23-27H2,1-7H3/t29-,32+,33-,34-,38-,45+/m0/s1. The molecule has 1 amide bonds. The monoisotopic (exact) mass is 953 g/mol. The van der Waals surface area contributed by atoms with E-state index in [4.69, 9.17) is 55.0 Å². The quantitative estimate of drug-likeness (QED) is 0.125. The molecule has 10 rings (SSSR count). The van der Waals surface area contributed by atoms with Crippen molar-refractivity contribution in [2.24, 2.45) is 0 Å². The lowest BCUT2D eigenvalue weighted by molar-refractivity contribution is -0.0101. The first-order valence-electron chi connectivity index (χ1n) is 23.5. The minimum atomic E-state index is -0.861. The molecule has 0 aliphatic carbocycles. The van der Waals surface area contributed by atoms with E-state index in [0.717, 1.165) is 36.9 Å². The predicted molar refractivity (Wildman–Crippen MR) is 254 cm³/mol. The zero-order valence-corrected chi connectivity index (χ0v) is 40.3. The van der Waals surface area contributed by atoms with Gasteiger partial charge in [0, 0.05) is 43.8 Å². The van der Waals surface area contributed by atoms with Crippen LogP contribution in [0.4, 0.5) is 25.1 Å². The molecule has 0 spiro atoms. The van der Waals surface area contributed by atoms with Gasteiger partial charge < -0.3 is 38.2 Å². The van der Waals surface area contributed by atoms with Crippen LogP contribution in [0.1, 0.15) is 70.1 Å². The van der Waals surface area contributed by atoms with E-state index >= 15 is 8.78 Å². The maximum Gasteiger partial charge on any atom is 0.410 e. The Hall–Kier alpha value is -5.71. The van der Waals surface area contributed by atoms with E-state index in [1.54, 1.807) is 21.1 Å². The largest absolute Gasteiger partial charge is 0.497 e. The van der Waals surface area contributed by atoms with Crippen LogP contribution in [0, 0.1) is 18.6 Å². The van der Waals surface area contributed by atoms with Gasteiger partial charge >= 0.3 is 12.1 Å². The molecule has 0 radical (unpaired) electrons. The van der Waals surface area contributed by atoms with Gasteiger partial charge in [0.15, 0.2) is 11.6 Å². The Kier molecular flexibility index (Phi) is 12.4. The van der Waals surface area contributed by atoms with Crippen molar-refractivity contribution in [3.05, 3.63) is 87.9 Å². The summed E-state index contributed by atoms with van der Waals surface area (Å²) in [5.41, 5.74) is 1.09. The van der Waals surface area contributed by atoms with Gasteiger partial charge in [0.1, 0.15) is 52.2 Å². The number of pyridine rings is 1. The van der Waals surface area contributed by atoms with Crippen molar-refractivity contribution in [2.75, 3.05) is 56.9 Å². The second-order valence-electron chi connectivity index (χ2n) is 19.6. The van der Waals surface area contributed by atoms with Gasteiger partial charge in [0.05, 0.1) is 56.3 Å². The van der Waals surface area contributed by atoms with Crippen molar-refractivity contribution in [2.45, 2.75) is 115 Å². The minimum Gasteiger partial charge on any atom is -0.497 e. The number of rotatable bonds is 11. The van der Waals surface area contributed by atoms with E-state index in [1.165, 1.54) is 6.07 Å². The molecule has 7 heterocycles. The average Bonchev–Trinajstić information content (AvgIpc) is 3.85. The molecule has 0 unspecified atom stereocenters. The van der Waals surface area contributed by atoms with Crippen molar-refractivity contribution >= 4 is 40.1 Å². The molecule has 3 aromatic carbocycles. The molecule has 5 aromatic rings. The highest BCUT2D eigenvalue weighted by Crippen LogP contribution is 2.48. The third-order valence-electron chi connectivity index (χ3n) is 14.1. The molecule has 6 atom stereocenters. The molecular weight excluding hydrogens is 896 g/mol. The van der Waals surface area contributed by atoms with E-state index in [0.29, 0.717) is 55.1 Å². The number of carbonyl (C=O) groups is 1. The summed E-state index contributed by atoms with van der Waals surface area (Å²) in [6.45, 7) is 12.5. The third-order valence-corrected chi connectivity index (χ3v) is 14.5. The van der Waals surface area contributed by atoms with Crippen LogP contribution in [0.25, 0.3) is 22.2 Å². The van der Waals surface area contributed by atoms with Crippen molar-refractivity contribution in [3.8, 4) is 34.6 Å². The van der Waals surface area contributed by atoms with Crippen molar-refractivity contribution in [3.63, 3.8) is 0 Å². The van der Waals surface area contributed by atoms with Gasteiger partial charge in [-0.2, -0.15) is 9.97 Å². The number of methoxy groups -OCH3 is 2. The molecule has 5 aliphatic heterocycles. The van der Waals surface area contributed by atoms with Crippen LogP contribution in [0.2, 0.25) is 5.02 Å². The number of morpholine rings is 1. The van der Waals surface area contributed by atoms with Crippen LogP contribution in [-0.2, 0) is 22.6 Å². The van der Waals surface area contributed by atoms with Crippen LogP contribution in [0.15, 0.2) is 54.6 Å². The van der Waals surface area contributed by atoms with Crippen molar-refractivity contribution in [1.29, 1.82) is 0 Å². The lowest BCUT2D eigenvalue weighted by Gasteiger charge is -2.48. The number of benzene rings is 3.